The number of para-hydroxylation sites is 1. The molecule has 3 heterocycles. The van der Waals surface area contributed by atoms with Gasteiger partial charge in [-0.25, -0.2) is 9.97 Å². The number of carbonyl (C=O) groups is 1. The Balaban J connectivity index is 1.19. The number of amides is 1. The number of nitrogens with one attached hydrogen (secondary N) is 1. The maximum Gasteiger partial charge on any atom is 0.246 e. The Bertz CT molecular complexity index is 890. The van der Waals surface area contributed by atoms with Gasteiger partial charge in [-0.3, -0.25) is 4.79 Å². The second-order valence-corrected chi connectivity index (χ2v) is 7.58. The summed E-state index contributed by atoms with van der Waals surface area (Å²) in [5, 5.41) is 3.73. The first-order valence-corrected chi connectivity index (χ1v) is 10.1. The number of thiazole rings is 1. The van der Waals surface area contributed by atoms with E-state index in [9.17, 15) is 4.79 Å². The van der Waals surface area contributed by atoms with Crippen LogP contribution in [0.25, 0.3) is 10.2 Å². The van der Waals surface area contributed by atoms with Gasteiger partial charge in [0.2, 0.25) is 5.91 Å². The van der Waals surface area contributed by atoms with Crippen molar-refractivity contribution in [3.05, 3.63) is 53.2 Å². The number of nitrogens with zero attached hydrogens (tertiary/aromatic N) is 3. The highest BCUT2D eigenvalue weighted by molar-refractivity contribution is 7.18. The standard InChI is InChI=1S/C20H22N4O3S/c25-19(13-27-14-20-23-16-3-1-2-4-17(16)28-20)22-12-15-5-6-18(21-11-15)24-7-9-26-10-8-24/h1-6,11H,7-10,12-14H2,(H,22,25). The normalized spacial score (nSPS) is 14.4. The zero-order valence-corrected chi connectivity index (χ0v) is 16.3. The molecule has 1 fully saturated rings. The molecule has 0 bridgehead atoms. The Morgan fingerprint density at radius 2 is 2.07 bits per heavy atom. The quantitative estimate of drug-likeness (QED) is 0.658. The van der Waals surface area contributed by atoms with Crippen LogP contribution in [0.2, 0.25) is 0 Å². The Hall–Kier alpha value is -2.55. The van der Waals surface area contributed by atoms with Gasteiger partial charge in [-0.05, 0) is 23.8 Å². The van der Waals surface area contributed by atoms with Crippen molar-refractivity contribution in [2.45, 2.75) is 13.2 Å². The van der Waals surface area contributed by atoms with E-state index in [0.717, 1.165) is 52.9 Å². The summed E-state index contributed by atoms with van der Waals surface area (Å²) in [5.41, 5.74) is 1.92. The Morgan fingerprint density at radius 1 is 1.21 bits per heavy atom. The Kier molecular flexibility index (Phi) is 6.11. The minimum atomic E-state index is -0.154. The Labute approximate surface area is 167 Å². The topological polar surface area (TPSA) is 76.6 Å². The molecule has 1 aromatic carbocycles. The number of fused-ring (bicyclic) bond motifs is 1. The number of ether oxygens (including phenoxy) is 2. The minimum absolute atomic E-state index is 0.00914. The van der Waals surface area contributed by atoms with Gasteiger partial charge in [-0.1, -0.05) is 18.2 Å². The monoisotopic (exact) mass is 398 g/mol. The molecule has 2 aromatic heterocycles. The highest BCUT2D eigenvalue weighted by atomic mass is 32.1. The van der Waals surface area contributed by atoms with Crippen molar-refractivity contribution in [2.75, 3.05) is 37.8 Å². The first kappa shape index (κ1) is 18.8. The number of benzene rings is 1. The molecule has 3 aromatic rings. The van der Waals surface area contributed by atoms with Gasteiger partial charge in [0, 0.05) is 25.8 Å². The fourth-order valence-electron chi connectivity index (χ4n) is 2.97. The molecule has 1 aliphatic rings. The first-order valence-electron chi connectivity index (χ1n) is 9.24. The summed E-state index contributed by atoms with van der Waals surface area (Å²) in [6.45, 7) is 3.95. The van der Waals surface area contributed by atoms with Crippen molar-refractivity contribution in [1.82, 2.24) is 15.3 Å². The van der Waals surface area contributed by atoms with Crippen LogP contribution in [0, 0.1) is 0 Å². The van der Waals surface area contributed by atoms with Gasteiger partial charge in [-0.2, -0.15) is 0 Å². The summed E-state index contributed by atoms with van der Waals surface area (Å²) < 4.78 is 12.0. The lowest BCUT2D eigenvalue weighted by Crippen LogP contribution is -2.36. The molecule has 4 rings (SSSR count). The molecule has 0 saturated carbocycles. The fraction of sp³-hybridized carbons (Fsp3) is 0.350. The van der Waals surface area contributed by atoms with Crippen molar-refractivity contribution in [2.24, 2.45) is 0 Å². The molecule has 1 amide bonds. The number of hydrogen-bond acceptors (Lipinski definition) is 7. The summed E-state index contributed by atoms with van der Waals surface area (Å²) in [5.74, 6) is 0.788. The van der Waals surface area contributed by atoms with E-state index in [-0.39, 0.29) is 12.5 Å². The minimum Gasteiger partial charge on any atom is -0.378 e. The third-order valence-corrected chi connectivity index (χ3v) is 5.44. The van der Waals surface area contributed by atoms with E-state index >= 15 is 0 Å². The Morgan fingerprint density at radius 3 is 2.86 bits per heavy atom. The van der Waals surface area contributed by atoms with E-state index in [4.69, 9.17) is 9.47 Å². The van der Waals surface area contributed by atoms with Crippen LogP contribution in [0.4, 0.5) is 5.82 Å². The predicted octanol–water partition coefficient (Wildman–Crippen LogP) is 2.36. The summed E-state index contributed by atoms with van der Waals surface area (Å²) in [7, 11) is 0. The SMILES string of the molecule is O=C(COCc1nc2ccccc2s1)NCc1ccc(N2CCOCC2)nc1. The van der Waals surface area contributed by atoms with Gasteiger partial charge in [0.05, 0.1) is 30.0 Å². The number of morpholine rings is 1. The van der Waals surface area contributed by atoms with Gasteiger partial charge in [-0.15, -0.1) is 11.3 Å². The molecule has 0 unspecified atom stereocenters. The molecule has 0 aliphatic carbocycles. The molecule has 1 aliphatic heterocycles. The summed E-state index contributed by atoms with van der Waals surface area (Å²) in [6, 6.07) is 11.9. The molecule has 0 spiro atoms. The second-order valence-electron chi connectivity index (χ2n) is 6.47. The van der Waals surface area contributed by atoms with E-state index in [1.54, 1.807) is 17.5 Å². The molecule has 1 N–H and O–H groups in total. The molecular formula is C20H22N4O3S. The van der Waals surface area contributed by atoms with Crippen molar-refractivity contribution in [3.8, 4) is 0 Å². The van der Waals surface area contributed by atoms with Crippen LogP contribution in [-0.2, 0) is 27.4 Å². The molecule has 0 atom stereocenters. The van der Waals surface area contributed by atoms with Gasteiger partial charge in [0.25, 0.3) is 0 Å². The lowest BCUT2D eigenvalue weighted by Gasteiger charge is -2.27. The molecule has 7 nitrogen and oxygen atoms in total. The first-order chi connectivity index (χ1) is 13.8. The van der Waals surface area contributed by atoms with Crippen LogP contribution in [0.5, 0.6) is 0 Å². The predicted molar refractivity (Wildman–Crippen MR) is 108 cm³/mol. The number of aromatic nitrogens is 2. The van der Waals surface area contributed by atoms with Gasteiger partial charge in [0.15, 0.2) is 0 Å². The zero-order chi connectivity index (χ0) is 19.2. The van der Waals surface area contributed by atoms with Crippen molar-refractivity contribution >= 4 is 33.3 Å². The average molecular weight is 398 g/mol. The van der Waals surface area contributed by atoms with E-state index in [2.05, 4.69) is 20.2 Å². The lowest BCUT2D eigenvalue weighted by molar-refractivity contribution is -0.126. The third-order valence-electron chi connectivity index (χ3n) is 4.43. The zero-order valence-electron chi connectivity index (χ0n) is 15.5. The molecule has 0 radical (unpaired) electrons. The molecular weight excluding hydrogens is 376 g/mol. The highest BCUT2D eigenvalue weighted by Crippen LogP contribution is 2.21. The number of pyridine rings is 1. The van der Waals surface area contributed by atoms with Crippen LogP contribution in [0.3, 0.4) is 0 Å². The lowest BCUT2D eigenvalue weighted by atomic mass is 10.2. The largest absolute Gasteiger partial charge is 0.378 e. The van der Waals surface area contributed by atoms with Crippen LogP contribution in [0.1, 0.15) is 10.6 Å². The van der Waals surface area contributed by atoms with Gasteiger partial charge < -0.3 is 19.7 Å². The maximum atomic E-state index is 12.0. The van der Waals surface area contributed by atoms with E-state index in [1.165, 1.54) is 0 Å². The number of hydrogen-bond donors (Lipinski definition) is 1. The van der Waals surface area contributed by atoms with E-state index in [1.807, 2.05) is 36.4 Å². The summed E-state index contributed by atoms with van der Waals surface area (Å²) in [4.78, 5) is 23.2. The second kappa shape index (κ2) is 9.09. The molecule has 8 heteroatoms. The van der Waals surface area contributed by atoms with Crippen molar-refractivity contribution in [3.63, 3.8) is 0 Å². The fourth-order valence-corrected chi connectivity index (χ4v) is 3.87. The maximum absolute atomic E-state index is 12.0. The third kappa shape index (κ3) is 4.83. The average Bonchev–Trinajstić information content (AvgIpc) is 3.16. The molecule has 28 heavy (non-hydrogen) atoms. The molecule has 146 valence electrons. The van der Waals surface area contributed by atoms with Crippen LogP contribution < -0.4 is 10.2 Å². The van der Waals surface area contributed by atoms with E-state index < -0.39 is 0 Å². The van der Waals surface area contributed by atoms with Crippen LogP contribution in [0.15, 0.2) is 42.6 Å². The van der Waals surface area contributed by atoms with Crippen LogP contribution >= 0.6 is 11.3 Å². The van der Waals surface area contributed by atoms with Crippen molar-refractivity contribution in [1.29, 1.82) is 0 Å². The number of carbonyl (C=O) groups excluding carboxylic acids is 1. The number of anilines is 1. The van der Waals surface area contributed by atoms with Gasteiger partial charge in [0.1, 0.15) is 17.4 Å². The van der Waals surface area contributed by atoms with Crippen LogP contribution in [-0.4, -0.2) is 48.8 Å². The summed E-state index contributed by atoms with van der Waals surface area (Å²) >= 11 is 1.58. The smallest absolute Gasteiger partial charge is 0.246 e. The van der Waals surface area contributed by atoms with Crippen molar-refractivity contribution < 1.29 is 14.3 Å². The number of rotatable bonds is 7. The highest BCUT2D eigenvalue weighted by Gasteiger charge is 2.12. The molecule has 1 saturated heterocycles. The van der Waals surface area contributed by atoms with Gasteiger partial charge >= 0.3 is 0 Å². The van der Waals surface area contributed by atoms with E-state index in [0.29, 0.717) is 13.2 Å². The summed E-state index contributed by atoms with van der Waals surface area (Å²) in [6.07, 6.45) is 1.80.